The van der Waals surface area contributed by atoms with Gasteiger partial charge in [-0.05, 0) is 30.5 Å². The Balaban J connectivity index is 1.61. The number of nitrogens with one attached hydrogen (secondary N) is 2. The van der Waals surface area contributed by atoms with Gasteiger partial charge in [-0.1, -0.05) is 43.2 Å². The van der Waals surface area contributed by atoms with Crippen LogP contribution in [-0.2, 0) is 6.54 Å². The maximum atomic E-state index is 12.3. The number of aromatic nitrogens is 1. The van der Waals surface area contributed by atoms with Crippen molar-refractivity contribution >= 4 is 11.8 Å². The number of amides is 2. The van der Waals surface area contributed by atoms with Crippen LogP contribution in [0, 0.1) is 0 Å². The van der Waals surface area contributed by atoms with E-state index < -0.39 is 0 Å². The Kier molecular flexibility index (Phi) is 5.21. The van der Waals surface area contributed by atoms with Crippen molar-refractivity contribution in [3.63, 3.8) is 0 Å². The molecule has 1 heterocycles. The van der Waals surface area contributed by atoms with Crippen LogP contribution in [-0.4, -0.2) is 22.8 Å². The van der Waals surface area contributed by atoms with Gasteiger partial charge in [0, 0.05) is 24.3 Å². The fraction of sp³-hybridized carbons (Fsp3) is 0.316. The SMILES string of the molecule is O=C(NCc1ccccc1)c1ccnc(C(=O)NC2CCCC2)c1. The lowest BCUT2D eigenvalue weighted by Crippen LogP contribution is -2.33. The Morgan fingerprint density at radius 1 is 1.04 bits per heavy atom. The number of hydrogen-bond acceptors (Lipinski definition) is 3. The Labute approximate surface area is 141 Å². The number of carbonyl (C=O) groups is 2. The number of rotatable bonds is 5. The summed E-state index contributed by atoms with van der Waals surface area (Å²) in [4.78, 5) is 28.6. The van der Waals surface area contributed by atoms with Crippen LogP contribution < -0.4 is 10.6 Å². The smallest absolute Gasteiger partial charge is 0.270 e. The second kappa shape index (κ2) is 7.73. The van der Waals surface area contributed by atoms with Gasteiger partial charge in [-0.15, -0.1) is 0 Å². The molecule has 124 valence electrons. The van der Waals surface area contributed by atoms with E-state index in [4.69, 9.17) is 0 Å². The third-order valence-corrected chi connectivity index (χ3v) is 4.24. The molecule has 0 atom stereocenters. The van der Waals surface area contributed by atoms with Crippen LogP contribution in [0.25, 0.3) is 0 Å². The molecule has 1 aliphatic rings. The molecule has 2 aromatic rings. The minimum atomic E-state index is -0.212. The molecule has 1 fully saturated rings. The second-order valence-electron chi connectivity index (χ2n) is 6.05. The molecule has 1 aliphatic carbocycles. The van der Waals surface area contributed by atoms with E-state index in [1.54, 1.807) is 12.1 Å². The summed E-state index contributed by atoms with van der Waals surface area (Å²) in [5.74, 6) is -0.421. The average molecular weight is 323 g/mol. The van der Waals surface area contributed by atoms with Crippen molar-refractivity contribution in [1.82, 2.24) is 15.6 Å². The van der Waals surface area contributed by atoms with Gasteiger partial charge in [-0.2, -0.15) is 0 Å². The van der Waals surface area contributed by atoms with Crippen LogP contribution in [0.4, 0.5) is 0 Å². The number of hydrogen-bond donors (Lipinski definition) is 2. The highest BCUT2D eigenvalue weighted by molar-refractivity contribution is 5.98. The molecular weight excluding hydrogens is 302 g/mol. The van der Waals surface area contributed by atoms with Crippen molar-refractivity contribution in [2.45, 2.75) is 38.3 Å². The first-order chi connectivity index (χ1) is 11.7. The summed E-state index contributed by atoms with van der Waals surface area (Å²) < 4.78 is 0. The quantitative estimate of drug-likeness (QED) is 0.888. The van der Waals surface area contributed by atoms with Gasteiger partial charge in [-0.3, -0.25) is 14.6 Å². The summed E-state index contributed by atoms with van der Waals surface area (Å²) in [5, 5.41) is 5.84. The van der Waals surface area contributed by atoms with Crippen LogP contribution in [0.5, 0.6) is 0 Å². The summed E-state index contributed by atoms with van der Waals surface area (Å²) >= 11 is 0. The van der Waals surface area contributed by atoms with Gasteiger partial charge >= 0.3 is 0 Å². The lowest BCUT2D eigenvalue weighted by molar-refractivity contribution is 0.0933. The van der Waals surface area contributed by atoms with Crippen molar-refractivity contribution in [2.24, 2.45) is 0 Å². The van der Waals surface area contributed by atoms with E-state index in [9.17, 15) is 9.59 Å². The molecule has 0 radical (unpaired) electrons. The second-order valence-corrected chi connectivity index (χ2v) is 6.05. The van der Waals surface area contributed by atoms with E-state index in [0.29, 0.717) is 12.1 Å². The van der Waals surface area contributed by atoms with E-state index in [0.717, 1.165) is 31.2 Å². The van der Waals surface area contributed by atoms with Gasteiger partial charge in [0.1, 0.15) is 5.69 Å². The number of benzene rings is 1. The van der Waals surface area contributed by atoms with Crippen LogP contribution in [0.3, 0.4) is 0 Å². The molecule has 1 saturated carbocycles. The zero-order valence-electron chi connectivity index (χ0n) is 13.5. The lowest BCUT2D eigenvalue weighted by Gasteiger charge is -2.12. The first-order valence-corrected chi connectivity index (χ1v) is 8.31. The third kappa shape index (κ3) is 4.19. The zero-order chi connectivity index (χ0) is 16.8. The maximum Gasteiger partial charge on any atom is 0.270 e. The zero-order valence-corrected chi connectivity index (χ0v) is 13.5. The minimum Gasteiger partial charge on any atom is -0.348 e. The van der Waals surface area contributed by atoms with Crippen molar-refractivity contribution in [2.75, 3.05) is 0 Å². The molecule has 5 nitrogen and oxygen atoms in total. The fourth-order valence-corrected chi connectivity index (χ4v) is 2.91. The monoisotopic (exact) mass is 323 g/mol. The average Bonchev–Trinajstić information content (AvgIpc) is 3.13. The Bertz CT molecular complexity index is 710. The van der Waals surface area contributed by atoms with E-state index in [2.05, 4.69) is 15.6 Å². The molecule has 2 amide bonds. The van der Waals surface area contributed by atoms with Crippen LogP contribution >= 0.6 is 0 Å². The summed E-state index contributed by atoms with van der Waals surface area (Å²) in [6.07, 6.45) is 5.84. The first-order valence-electron chi connectivity index (χ1n) is 8.31. The van der Waals surface area contributed by atoms with E-state index in [-0.39, 0.29) is 23.6 Å². The van der Waals surface area contributed by atoms with Gasteiger partial charge in [0.15, 0.2) is 0 Å². The molecule has 0 unspecified atom stereocenters. The Morgan fingerprint density at radius 2 is 1.79 bits per heavy atom. The lowest BCUT2D eigenvalue weighted by atomic mass is 10.1. The Hall–Kier alpha value is -2.69. The predicted octanol–water partition coefficient (Wildman–Crippen LogP) is 2.68. The summed E-state index contributed by atoms with van der Waals surface area (Å²) in [7, 11) is 0. The summed E-state index contributed by atoms with van der Waals surface area (Å²) in [6.45, 7) is 0.450. The summed E-state index contributed by atoms with van der Waals surface area (Å²) in [6, 6.07) is 13.1. The van der Waals surface area contributed by atoms with E-state index >= 15 is 0 Å². The largest absolute Gasteiger partial charge is 0.348 e. The van der Waals surface area contributed by atoms with E-state index in [1.165, 1.54) is 6.20 Å². The van der Waals surface area contributed by atoms with Gasteiger partial charge in [0.25, 0.3) is 11.8 Å². The molecule has 0 saturated heterocycles. The molecule has 2 N–H and O–H groups in total. The fourth-order valence-electron chi connectivity index (χ4n) is 2.91. The molecule has 0 spiro atoms. The van der Waals surface area contributed by atoms with Crippen molar-refractivity contribution < 1.29 is 9.59 Å². The number of nitrogens with zero attached hydrogens (tertiary/aromatic N) is 1. The molecule has 5 heteroatoms. The molecule has 0 bridgehead atoms. The van der Waals surface area contributed by atoms with Crippen molar-refractivity contribution in [1.29, 1.82) is 0 Å². The van der Waals surface area contributed by atoms with Gasteiger partial charge in [-0.25, -0.2) is 0 Å². The normalized spacial score (nSPS) is 14.3. The molecule has 0 aliphatic heterocycles. The first kappa shape index (κ1) is 16.2. The van der Waals surface area contributed by atoms with Crippen LogP contribution in [0.15, 0.2) is 48.7 Å². The molecular formula is C19H21N3O2. The maximum absolute atomic E-state index is 12.3. The van der Waals surface area contributed by atoms with Crippen LogP contribution in [0.2, 0.25) is 0 Å². The van der Waals surface area contributed by atoms with Gasteiger partial charge in [0.2, 0.25) is 0 Å². The van der Waals surface area contributed by atoms with Gasteiger partial charge in [0.05, 0.1) is 0 Å². The molecule has 1 aromatic carbocycles. The predicted molar refractivity (Wildman–Crippen MR) is 91.6 cm³/mol. The topological polar surface area (TPSA) is 71.1 Å². The highest BCUT2D eigenvalue weighted by Crippen LogP contribution is 2.18. The standard InChI is InChI=1S/C19H21N3O2/c23-18(21-13-14-6-2-1-3-7-14)15-10-11-20-17(12-15)19(24)22-16-8-4-5-9-16/h1-3,6-7,10-12,16H,4-5,8-9,13H2,(H,21,23)(H,22,24). The highest BCUT2D eigenvalue weighted by Gasteiger charge is 2.19. The molecule has 3 rings (SSSR count). The minimum absolute atomic E-state index is 0.209. The van der Waals surface area contributed by atoms with Crippen LogP contribution in [0.1, 0.15) is 52.1 Å². The van der Waals surface area contributed by atoms with Crippen molar-refractivity contribution in [3.05, 3.63) is 65.5 Å². The van der Waals surface area contributed by atoms with Crippen molar-refractivity contribution in [3.8, 4) is 0 Å². The summed E-state index contributed by atoms with van der Waals surface area (Å²) in [5.41, 5.74) is 1.76. The number of carbonyl (C=O) groups excluding carboxylic acids is 2. The van der Waals surface area contributed by atoms with Gasteiger partial charge < -0.3 is 10.6 Å². The van der Waals surface area contributed by atoms with E-state index in [1.807, 2.05) is 30.3 Å². The third-order valence-electron chi connectivity index (χ3n) is 4.24. The Morgan fingerprint density at radius 3 is 2.54 bits per heavy atom. The molecule has 1 aromatic heterocycles. The molecule has 24 heavy (non-hydrogen) atoms. The number of pyridine rings is 1. The highest BCUT2D eigenvalue weighted by atomic mass is 16.2.